The Hall–Kier alpha value is -9.09. The molecule has 0 spiro atoms. The van der Waals surface area contributed by atoms with E-state index in [1.807, 2.05) is 0 Å². The lowest BCUT2D eigenvalue weighted by Crippen LogP contribution is -2.61. The molecule has 2 aromatic carbocycles. The van der Waals surface area contributed by atoms with E-state index >= 15 is 0 Å². The first-order valence-electron chi connectivity index (χ1n) is 27.8. The fraction of sp³-hybridized carbons (Fsp3) is 0.500. The topological polar surface area (TPSA) is 550 Å². The van der Waals surface area contributed by atoms with Gasteiger partial charge in [0.15, 0.2) is 0 Å². The molecule has 1 heterocycles. The Bertz CT molecular complexity index is 2800. The zero-order chi connectivity index (χ0) is 66.8. The van der Waals surface area contributed by atoms with Crippen molar-refractivity contribution in [3.05, 3.63) is 65.7 Å². The minimum Gasteiger partial charge on any atom is -0.508 e. The number of carbonyl (C=O) groups excluding carboxylic acids is 14. The number of primary amides is 3. The van der Waals surface area contributed by atoms with Crippen molar-refractivity contribution < 1.29 is 82.1 Å². The van der Waals surface area contributed by atoms with Crippen LogP contribution in [0.5, 0.6) is 5.75 Å². The SMILES string of the molecule is CC(=O)O.NCCCC[C@H](NC(=O)[C@@H]1CCCN1C(=O)[C@H](CS)NC(=O)[C@H](CC(N)=O)NC(=O)[C@H](CCC(N)=O)NC(=O)[C@H](Cc1ccccc1)NC(=O)[C@H](Cc1ccc(O)cc1)NC(=O)[C@H](CS)NC(=O)CNC(=O)CNC(=O)CN)C(=O)NCC(N)=O. The van der Waals surface area contributed by atoms with E-state index in [1.165, 1.54) is 29.2 Å². The van der Waals surface area contributed by atoms with E-state index in [0.717, 1.165) is 6.92 Å². The van der Waals surface area contributed by atoms with Crippen LogP contribution in [0, 0.1) is 0 Å². The standard InChI is InChI=1S/C52H76N16O15S2.C2H4O2/c53-17-5-4-9-31(45(76)60-23-41(57)72)63-51(82)38-10-6-18-68(38)52(83)37(27-85)67-49(80)35(21-40(56)71)66-46(77)32(15-16-39(55)70)62-47(78)33(19-28-7-2-1-3-8-28)64-48(79)34(20-29-11-13-30(69)14-12-29)65-50(81)36(26-84)61-44(75)25-59-43(74)24-58-42(73)22-54;1-2(3)4/h1-3,7-8,11-14,31-38,69,84-85H,4-6,9-10,15-27,53-54H2,(H2,55,70)(H2,56,71)(H2,57,72)(H,58,73)(H,59,74)(H,60,76)(H,61,75)(H,62,78)(H,63,82)(H,64,79)(H,65,81)(H,66,77)(H,67,80);1H3,(H,3,4)/t31-,32-,33-,34-,35-,36-,37-,38-;/m0./s1. The van der Waals surface area contributed by atoms with Crippen LogP contribution >= 0.6 is 25.3 Å². The van der Waals surface area contributed by atoms with Gasteiger partial charge in [0.25, 0.3) is 5.97 Å². The number of carboxylic acid groups (broad SMARTS) is 1. The van der Waals surface area contributed by atoms with Crippen LogP contribution in [0.1, 0.15) is 69.4 Å². The Morgan fingerprint density at radius 1 is 0.539 bits per heavy atom. The molecule has 1 aliphatic rings. The highest BCUT2D eigenvalue weighted by atomic mass is 32.1. The van der Waals surface area contributed by atoms with Crippen molar-refractivity contribution in [2.24, 2.45) is 28.7 Å². The minimum atomic E-state index is -1.84. The van der Waals surface area contributed by atoms with Crippen molar-refractivity contribution in [2.75, 3.05) is 50.8 Å². The lowest BCUT2D eigenvalue weighted by Gasteiger charge is -2.30. The average molecular weight is 1290 g/mol. The van der Waals surface area contributed by atoms with Gasteiger partial charge in [0, 0.05) is 44.2 Å². The maximum absolute atomic E-state index is 14.5. The minimum absolute atomic E-state index is 0.0339. The van der Waals surface area contributed by atoms with Gasteiger partial charge in [-0.1, -0.05) is 42.5 Å². The summed E-state index contributed by atoms with van der Waals surface area (Å²) in [6.07, 6.45) is -0.882. The number of phenolic OH excluding ortho intramolecular Hbond substituents is 1. The quantitative estimate of drug-likeness (QED) is 0.0221. The summed E-state index contributed by atoms with van der Waals surface area (Å²) in [6.45, 7) is -0.577. The summed E-state index contributed by atoms with van der Waals surface area (Å²) in [4.78, 5) is 194. The number of phenols is 1. The number of carboxylic acids is 1. The number of hydrogen-bond donors (Lipinski definition) is 19. The molecule has 0 saturated carbocycles. The van der Waals surface area contributed by atoms with E-state index in [0.29, 0.717) is 36.9 Å². The number of nitrogens with one attached hydrogen (secondary N) is 10. The lowest BCUT2D eigenvalue weighted by atomic mass is 10.0. The second-order valence-corrected chi connectivity index (χ2v) is 20.8. The van der Waals surface area contributed by atoms with E-state index in [4.69, 9.17) is 38.6 Å². The van der Waals surface area contributed by atoms with E-state index in [9.17, 15) is 72.2 Å². The Morgan fingerprint density at radius 3 is 1.57 bits per heavy atom. The predicted molar refractivity (Wildman–Crippen MR) is 324 cm³/mol. The highest BCUT2D eigenvalue weighted by Gasteiger charge is 2.40. The van der Waals surface area contributed by atoms with E-state index in [-0.39, 0.29) is 56.0 Å². The third-order valence-corrected chi connectivity index (χ3v) is 13.6. The number of aromatic hydroxyl groups is 1. The van der Waals surface area contributed by atoms with Crippen LogP contribution in [0.15, 0.2) is 54.6 Å². The van der Waals surface area contributed by atoms with Crippen LogP contribution in [-0.4, -0.2) is 203 Å². The van der Waals surface area contributed by atoms with Gasteiger partial charge < -0.3 is 96.9 Å². The number of unbranched alkanes of at least 4 members (excludes halogenated alkanes) is 1. The Balaban J connectivity index is 0.00000654. The number of likely N-dealkylation sites (tertiary alicyclic amines) is 1. The number of rotatable bonds is 37. The highest BCUT2D eigenvalue weighted by molar-refractivity contribution is 7.80. The number of nitrogens with two attached hydrogens (primary N) is 5. The summed E-state index contributed by atoms with van der Waals surface area (Å²) in [5.41, 5.74) is 27.8. The third kappa shape index (κ3) is 29.4. The first-order valence-corrected chi connectivity index (χ1v) is 29.1. The van der Waals surface area contributed by atoms with Crippen LogP contribution in [0.3, 0.4) is 0 Å². The predicted octanol–water partition coefficient (Wildman–Crippen LogP) is -7.43. The molecule has 1 fully saturated rings. The molecule has 0 aliphatic carbocycles. The molecule has 0 bridgehead atoms. The Morgan fingerprint density at radius 2 is 1.03 bits per heavy atom. The summed E-state index contributed by atoms with van der Waals surface area (Å²) in [7, 11) is 0. The average Bonchev–Trinajstić information content (AvgIpc) is 2.48. The van der Waals surface area contributed by atoms with Gasteiger partial charge in [-0.05, 0) is 68.3 Å². The molecule has 8 atom stereocenters. The van der Waals surface area contributed by atoms with E-state index in [2.05, 4.69) is 78.4 Å². The van der Waals surface area contributed by atoms with Gasteiger partial charge >= 0.3 is 0 Å². The monoisotopic (exact) mass is 1290 g/mol. The maximum atomic E-state index is 14.5. The molecule has 0 radical (unpaired) electrons. The van der Waals surface area contributed by atoms with E-state index < -0.39 is 176 Å². The second-order valence-electron chi connectivity index (χ2n) is 20.0. The summed E-state index contributed by atoms with van der Waals surface area (Å²) < 4.78 is 0. The molecular formula is C54H80N16O17S2. The van der Waals surface area contributed by atoms with Gasteiger partial charge in [-0.3, -0.25) is 71.9 Å². The maximum Gasteiger partial charge on any atom is 0.300 e. The van der Waals surface area contributed by atoms with Crippen LogP contribution in [-0.2, 0) is 84.8 Å². The molecule has 14 amide bonds. The molecular weight excluding hydrogens is 1210 g/mol. The number of benzene rings is 2. The van der Waals surface area contributed by atoms with Crippen molar-refractivity contribution in [2.45, 2.75) is 119 Å². The molecule has 35 heteroatoms. The zero-order valence-electron chi connectivity index (χ0n) is 48.8. The lowest BCUT2D eigenvalue weighted by molar-refractivity contribution is -0.142. The Kier molecular flexibility index (Phi) is 34.5. The first kappa shape index (κ1) is 76.0. The highest BCUT2D eigenvalue weighted by Crippen LogP contribution is 2.20. The fourth-order valence-electron chi connectivity index (χ4n) is 8.41. The largest absolute Gasteiger partial charge is 0.508 e. The Labute approximate surface area is 522 Å². The number of nitrogens with zero attached hydrogens (tertiary/aromatic N) is 1. The van der Waals surface area contributed by atoms with Crippen molar-refractivity contribution in [3.63, 3.8) is 0 Å². The molecule has 3 rings (SSSR count). The second kappa shape index (κ2) is 40.4. The summed E-state index contributed by atoms with van der Waals surface area (Å²) >= 11 is 8.42. The molecule has 2 aromatic rings. The molecule has 490 valence electrons. The van der Waals surface area contributed by atoms with E-state index in [1.54, 1.807) is 30.3 Å². The van der Waals surface area contributed by atoms with Gasteiger partial charge in [-0.25, -0.2) is 0 Å². The molecule has 1 aliphatic heterocycles. The number of aliphatic carboxylic acids is 1. The molecule has 22 N–H and O–H groups in total. The van der Waals surface area contributed by atoms with Gasteiger partial charge in [-0.15, -0.1) is 0 Å². The van der Waals surface area contributed by atoms with Crippen LogP contribution in [0.2, 0.25) is 0 Å². The van der Waals surface area contributed by atoms with Gasteiger partial charge in [0.2, 0.25) is 82.7 Å². The summed E-state index contributed by atoms with van der Waals surface area (Å²) in [5, 5.41) is 41.6. The fourth-order valence-corrected chi connectivity index (χ4v) is 8.92. The molecule has 89 heavy (non-hydrogen) atoms. The number of hydrogen-bond acceptors (Lipinski definition) is 20. The normalized spacial score (nSPS) is 14.7. The van der Waals surface area contributed by atoms with Gasteiger partial charge in [0.05, 0.1) is 32.6 Å². The molecule has 0 aromatic heterocycles. The van der Waals surface area contributed by atoms with Gasteiger partial charge in [-0.2, -0.15) is 25.3 Å². The van der Waals surface area contributed by atoms with Crippen LogP contribution in [0.25, 0.3) is 0 Å². The summed E-state index contributed by atoms with van der Waals surface area (Å²) in [6, 6.07) is 1.86. The van der Waals surface area contributed by atoms with Crippen LogP contribution in [0.4, 0.5) is 0 Å². The first-order chi connectivity index (χ1) is 42.1. The van der Waals surface area contributed by atoms with Crippen molar-refractivity contribution in [3.8, 4) is 5.75 Å². The summed E-state index contributed by atoms with van der Waals surface area (Å²) in [5.74, 6) is -14.2. The number of amides is 14. The number of carbonyl (C=O) groups is 15. The van der Waals surface area contributed by atoms with Crippen molar-refractivity contribution in [1.82, 2.24) is 58.1 Å². The number of thiol groups is 2. The van der Waals surface area contributed by atoms with Gasteiger partial charge in [0.1, 0.15) is 54.1 Å². The molecule has 0 unspecified atom stereocenters. The molecule has 33 nitrogen and oxygen atoms in total. The smallest absolute Gasteiger partial charge is 0.300 e. The van der Waals surface area contributed by atoms with Crippen LogP contribution < -0.4 is 81.8 Å². The van der Waals surface area contributed by atoms with Crippen molar-refractivity contribution in [1.29, 1.82) is 0 Å². The zero-order valence-corrected chi connectivity index (χ0v) is 50.6. The molecule has 1 saturated heterocycles. The third-order valence-electron chi connectivity index (χ3n) is 12.8. The van der Waals surface area contributed by atoms with Crippen molar-refractivity contribution >= 4 is 114 Å².